The van der Waals surface area contributed by atoms with Crippen LogP contribution in [0.4, 0.5) is 0 Å². The van der Waals surface area contributed by atoms with Gasteiger partial charge in [0.15, 0.2) is 0 Å². The molecule has 0 aromatic heterocycles. The number of halogens is 1. The first-order valence-electron chi connectivity index (χ1n) is 7.58. The van der Waals surface area contributed by atoms with Crippen LogP contribution in [0.2, 0.25) is 0 Å². The fraction of sp³-hybridized carbons (Fsp3) is 0.929. The zero-order chi connectivity index (χ0) is 14.0. The Kier molecular flexibility index (Phi) is 11.0. The van der Waals surface area contributed by atoms with Crippen molar-refractivity contribution in [3.05, 3.63) is 0 Å². The number of nitrogens with zero attached hydrogens (tertiary/aromatic N) is 1. The molecule has 2 heterocycles. The molecule has 0 aliphatic carbocycles. The Labute approximate surface area is 141 Å². The molecular weight excluding hydrogens is 330 g/mol. The first-order valence-corrected chi connectivity index (χ1v) is 9.97. The number of morpholine rings is 1. The SMILES string of the molecule is Cl.O=C(CCCC[C@@H]1CCSS1)OCCN1CCOCC1. The molecular formula is C14H26ClNO3S2. The van der Waals surface area contributed by atoms with E-state index in [-0.39, 0.29) is 18.4 Å². The summed E-state index contributed by atoms with van der Waals surface area (Å²) in [5.74, 6) is 1.26. The van der Waals surface area contributed by atoms with Gasteiger partial charge in [0, 0.05) is 37.1 Å². The van der Waals surface area contributed by atoms with Crippen LogP contribution in [-0.2, 0) is 14.3 Å². The zero-order valence-corrected chi connectivity index (χ0v) is 14.9. The highest BCUT2D eigenvalue weighted by atomic mass is 35.5. The maximum absolute atomic E-state index is 11.6. The van der Waals surface area contributed by atoms with E-state index in [1.807, 2.05) is 21.6 Å². The summed E-state index contributed by atoms with van der Waals surface area (Å²) in [4.78, 5) is 13.9. The molecule has 124 valence electrons. The van der Waals surface area contributed by atoms with E-state index in [1.165, 1.54) is 18.6 Å². The normalized spacial score (nSPS) is 22.8. The summed E-state index contributed by atoms with van der Waals surface area (Å²) in [6.07, 6.45) is 5.28. The minimum atomic E-state index is -0.0355. The van der Waals surface area contributed by atoms with E-state index in [0.717, 1.165) is 50.9 Å². The van der Waals surface area contributed by atoms with Gasteiger partial charge < -0.3 is 9.47 Å². The van der Waals surface area contributed by atoms with Crippen LogP contribution < -0.4 is 0 Å². The van der Waals surface area contributed by atoms with Crippen molar-refractivity contribution < 1.29 is 14.3 Å². The average Bonchev–Trinajstić information content (AvgIpc) is 2.98. The highest BCUT2D eigenvalue weighted by Crippen LogP contribution is 2.39. The Morgan fingerprint density at radius 3 is 2.81 bits per heavy atom. The molecule has 2 rings (SSSR count). The Balaban J connectivity index is 0.00000220. The third kappa shape index (κ3) is 8.55. The van der Waals surface area contributed by atoms with Gasteiger partial charge in [0.1, 0.15) is 6.61 Å². The molecule has 0 bridgehead atoms. The molecule has 0 aromatic carbocycles. The quantitative estimate of drug-likeness (QED) is 0.378. The molecule has 2 aliphatic heterocycles. The van der Waals surface area contributed by atoms with Crippen molar-refractivity contribution in [3.8, 4) is 0 Å². The van der Waals surface area contributed by atoms with Crippen LogP contribution >= 0.6 is 34.0 Å². The van der Waals surface area contributed by atoms with Crippen molar-refractivity contribution >= 4 is 40.0 Å². The molecule has 0 amide bonds. The molecule has 21 heavy (non-hydrogen) atoms. The summed E-state index contributed by atoms with van der Waals surface area (Å²) in [5, 5.41) is 0.817. The molecule has 2 fully saturated rings. The Morgan fingerprint density at radius 2 is 2.10 bits per heavy atom. The monoisotopic (exact) mass is 355 g/mol. The van der Waals surface area contributed by atoms with E-state index in [1.54, 1.807) is 0 Å². The van der Waals surface area contributed by atoms with Crippen LogP contribution in [0, 0.1) is 0 Å². The topological polar surface area (TPSA) is 38.8 Å². The fourth-order valence-corrected chi connectivity index (χ4v) is 5.42. The highest BCUT2D eigenvalue weighted by Gasteiger charge is 2.16. The predicted molar refractivity (Wildman–Crippen MR) is 92.4 cm³/mol. The van der Waals surface area contributed by atoms with Crippen molar-refractivity contribution in [1.29, 1.82) is 0 Å². The summed E-state index contributed by atoms with van der Waals surface area (Å²) in [6.45, 7) is 4.86. The molecule has 4 nitrogen and oxygen atoms in total. The van der Waals surface area contributed by atoms with Crippen LogP contribution in [0.15, 0.2) is 0 Å². The van der Waals surface area contributed by atoms with Gasteiger partial charge in [-0.3, -0.25) is 9.69 Å². The first kappa shape index (κ1) is 19.4. The predicted octanol–water partition coefficient (Wildman–Crippen LogP) is 3.00. The second-order valence-electron chi connectivity index (χ2n) is 5.25. The standard InChI is InChI=1S/C14H25NO3S2.ClH/c16-14(4-2-1-3-13-5-12-19-20-13)18-11-8-15-6-9-17-10-7-15;/h13H,1-12H2;1H/t13-;/m1./s1. The number of ether oxygens (including phenoxy) is 2. The fourth-order valence-electron chi connectivity index (χ4n) is 2.39. The van der Waals surface area contributed by atoms with Crippen LogP contribution in [0.1, 0.15) is 32.1 Å². The molecule has 1 atom stereocenters. The lowest BCUT2D eigenvalue weighted by Crippen LogP contribution is -2.38. The van der Waals surface area contributed by atoms with Crippen molar-refractivity contribution in [2.75, 3.05) is 45.2 Å². The largest absolute Gasteiger partial charge is 0.464 e. The molecule has 0 radical (unpaired) electrons. The molecule has 0 unspecified atom stereocenters. The van der Waals surface area contributed by atoms with Crippen molar-refractivity contribution in [1.82, 2.24) is 4.90 Å². The number of unbranched alkanes of at least 4 members (excludes halogenated alkanes) is 1. The first-order chi connectivity index (χ1) is 9.84. The van der Waals surface area contributed by atoms with Gasteiger partial charge in [-0.15, -0.1) is 12.4 Å². The molecule has 2 aliphatic rings. The lowest BCUT2D eigenvalue weighted by Gasteiger charge is -2.26. The van der Waals surface area contributed by atoms with Crippen LogP contribution in [-0.4, -0.2) is 61.3 Å². The van der Waals surface area contributed by atoms with Crippen molar-refractivity contribution in [3.63, 3.8) is 0 Å². The number of esters is 1. The summed E-state index contributed by atoms with van der Waals surface area (Å²) >= 11 is 0. The van der Waals surface area contributed by atoms with Gasteiger partial charge in [0.2, 0.25) is 0 Å². The van der Waals surface area contributed by atoms with E-state index >= 15 is 0 Å². The van der Waals surface area contributed by atoms with Gasteiger partial charge in [0.05, 0.1) is 13.2 Å². The lowest BCUT2D eigenvalue weighted by molar-refractivity contribution is -0.144. The zero-order valence-electron chi connectivity index (χ0n) is 12.5. The number of rotatable bonds is 8. The van der Waals surface area contributed by atoms with Crippen LogP contribution in [0.3, 0.4) is 0 Å². The maximum Gasteiger partial charge on any atom is 0.305 e. The lowest BCUT2D eigenvalue weighted by atomic mass is 10.1. The van der Waals surface area contributed by atoms with Gasteiger partial charge >= 0.3 is 5.97 Å². The molecule has 0 spiro atoms. The van der Waals surface area contributed by atoms with Crippen molar-refractivity contribution in [2.45, 2.75) is 37.4 Å². The number of carbonyl (C=O) groups is 1. The van der Waals surface area contributed by atoms with Gasteiger partial charge in [-0.05, 0) is 19.3 Å². The maximum atomic E-state index is 11.6. The molecule has 0 aromatic rings. The molecule has 7 heteroatoms. The minimum Gasteiger partial charge on any atom is -0.464 e. The third-order valence-electron chi connectivity index (χ3n) is 3.66. The summed E-state index contributed by atoms with van der Waals surface area (Å²) in [5.41, 5.74) is 0. The van der Waals surface area contributed by atoms with Gasteiger partial charge in [-0.25, -0.2) is 0 Å². The second kappa shape index (κ2) is 11.9. The van der Waals surface area contributed by atoms with E-state index < -0.39 is 0 Å². The Bertz CT molecular complexity index is 285. The van der Waals surface area contributed by atoms with E-state index in [9.17, 15) is 4.79 Å². The Morgan fingerprint density at radius 1 is 1.29 bits per heavy atom. The van der Waals surface area contributed by atoms with E-state index in [0.29, 0.717) is 13.0 Å². The van der Waals surface area contributed by atoms with Gasteiger partial charge in [-0.1, -0.05) is 28.0 Å². The summed E-state index contributed by atoms with van der Waals surface area (Å²) in [7, 11) is 4.00. The second-order valence-corrected chi connectivity index (χ2v) is 8.04. The third-order valence-corrected chi connectivity index (χ3v) is 6.67. The van der Waals surface area contributed by atoms with E-state index in [4.69, 9.17) is 9.47 Å². The smallest absolute Gasteiger partial charge is 0.305 e. The van der Waals surface area contributed by atoms with Crippen LogP contribution in [0.5, 0.6) is 0 Å². The molecule has 2 saturated heterocycles. The average molecular weight is 356 g/mol. The van der Waals surface area contributed by atoms with Crippen molar-refractivity contribution in [2.24, 2.45) is 0 Å². The number of hydrogen-bond donors (Lipinski definition) is 0. The number of hydrogen-bond acceptors (Lipinski definition) is 6. The van der Waals surface area contributed by atoms with Crippen LogP contribution in [0.25, 0.3) is 0 Å². The summed E-state index contributed by atoms with van der Waals surface area (Å²) in [6, 6.07) is 0. The van der Waals surface area contributed by atoms with Gasteiger partial charge in [-0.2, -0.15) is 0 Å². The molecule has 0 N–H and O–H groups in total. The molecule has 0 saturated carbocycles. The highest BCUT2D eigenvalue weighted by molar-refractivity contribution is 8.77. The summed E-state index contributed by atoms with van der Waals surface area (Å²) < 4.78 is 10.6. The number of carbonyl (C=O) groups excluding carboxylic acids is 1. The van der Waals surface area contributed by atoms with Gasteiger partial charge in [0.25, 0.3) is 0 Å². The minimum absolute atomic E-state index is 0. The van der Waals surface area contributed by atoms with E-state index in [2.05, 4.69) is 4.90 Å². The Hall–Kier alpha value is 0.380.